The summed E-state index contributed by atoms with van der Waals surface area (Å²) in [4.78, 5) is 13.2. The Kier molecular flexibility index (Phi) is 5.99. The van der Waals surface area contributed by atoms with E-state index >= 15 is 0 Å². The normalized spacial score (nSPS) is 11.8. The Morgan fingerprint density at radius 2 is 2.00 bits per heavy atom. The van der Waals surface area contributed by atoms with Gasteiger partial charge in [-0.05, 0) is 30.7 Å². The van der Waals surface area contributed by atoms with Crippen molar-refractivity contribution < 1.29 is 5.11 Å². The van der Waals surface area contributed by atoms with Crippen molar-refractivity contribution in [1.82, 2.24) is 15.0 Å². The van der Waals surface area contributed by atoms with Gasteiger partial charge in [0.1, 0.15) is 5.82 Å². The fraction of sp³-hybridized carbons (Fsp3) is 0.211. The number of anilines is 2. The van der Waals surface area contributed by atoms with Crippen molar-refractivity contribution in [1.29, 1.82) is 0 Å². The Morgan fingerprint density at radius 1 is 1.15 bits per heavy atom. The van der Waals surface area contributed by atoms with E-state index in [4.69, 9.17) is 11.6 Å². The maximum absolute atomic E-state index is 9.28. The van der Waals surface area contributed by atoms with Crippen LogP contribution in [0.15, 0.2) is 54.9 Å². The average molecular weight is 370 g/mol. The summed E-state index contributed by atoms with van der Waals surface area (Å²) in [5.41, 5.74) is 2.60. The molecule has 0 amide bonds. The third kappa shape index (κ3) is 4.68. The lowest BCUT2D eigenvalue weighted by Gasteiger charge is -2.14. The fourth-order valence-corrected chi connectivity index (χ4v) is 2.56. The van der Waals surface area contributed by atoms with Crippen LogP contribution in [0.2, 0.25) is 5.02 Å². The number of aliphatic hydroxyl groups excluding tert-OH is 1. The highest BCUT2D eigenvalue weighted by molar-refractivity contribution is 6.31. The molecule has 3 aromatic rings. The third-order valence-electron chi connectivity index (χ3n) is 3.75. The predicted molar refractivity (Wildman–Crippen MR) is 104 cm³/mol. The maximum atomic E-state index is 9.28. The molecule has 2 heterocycles. The number of rotatable bonds is 7. The first kappa shape index (κ1) is 18.1. The van der Waals surface area contributed by atoms with Crippen LogP contribution in [0.4, 0.5) is 11.8 Å². The van der Waals surface area contributed by atoms with Crippen molar-refractivity contribution in [2.45, 2.75) is 19.5 Å². The van der Waals surface area contributed by atoms with E-state index in [0.29, 0.717) is 23.3 Å². The number of benzene rings is 1. The number of aliphatic hydroxyl groups is 1. The van der Waals surface area contributed by atoms with Crippen LogP contribution in [0.25, 0.3) is 11.3 Å². The molecule has 0 aliphatic rings. The Bertz CT molecular complexity index is 860. The maximum Gasteiger partial charge on any atom is 0.225 e. The summed E-state index contributed by atoms with van der Waals surface area (Å²) in [7, 11) is 0. The summed E-state index contributed by atoms with van der Waals surface area (Å²) in [6.45, 7) is 2.39. The number of nitrogens with one attached hydrogen (secondary N) is 2. The average Bonchev–Trinajstić information content (AvgIpc) is 2.68. The van der Waals surface area contributed by atoms with Crippen LogP contribution in [0.3, 0.4) is 0 Å². The summed E-state index contributed by atoms with van der Waals surface area (Å²) in [6, 6.07) is 13.2. The first-order valence-corrected chi connectivity index (χ1v) is 8.67. The molecule has 1 aromatic carbocycles. The Hall–Kier alpha value is -2.70. The van der Waals surface area contributed by atoms with E-state index in [1.165, 1.54) is 0 Å². The zero-order chi connectivity index (χ0) is 18.4. The van der Waals surface area contributed by atoms with E-state index in [1.807, 2.05) is 49.4 Å². The molecule has 1 atom stereocenters. The molecule has 0 aliphatic heterocycles. The van der Waals surface area contributed by atoms with Crippen LogP contribution in [0, 0.1) is 0 Å². The van der Waals surface area contributed by atoms with E-state index in [2.05, 4.69) is 25.6 Å². The monoisotopic (exact) mass is 369 g/mol. The molecule has 7 heteroatoms. The predicted octanol–water partition coefficient (Wildman–Crippen LogP) is 3.60. The highest BCUT2D eigenvalue weighted by Crippen LogP contribution is 2.22. The number of aromatic nitrogens is 3. The molecule has 3 rings (SSSR count). The fourth-order valence-electron chi connectivity index (χ4n) is 2.36. The molecule has 0 spiro atoms. The van der Waals surface area contributed by atoms with Crippen LogP contribution in [-0.2, 0) is 6.54 Å². The second kappa shape index (κ2) is 8.60. The van der Waals surface area contributed by atoms with Crippen molar-refractivity contribution in [3.05, 3.63) is 65.4 Å². The van der Waals surface area contributed by atoms with Crippen LogP contribution in [0.1, 0.15) is 12.5 Å². The molecule has 2 aromatic heterocycles. The molecule has 0 aliphatic carbocycles. The molecular weight excluding hydrogens is 350 g/mol. The molecule has 0 radical (unpaired) electrons. The lowest BCUT2D eigenvalue weighted by atomic mass is 10.2. The van der Waals surface area contributed by atoms with Gasteiger partial charge < -0.3 is 15.7 Å². The summed E-state index contributed by atoms with van der Waals surface area (Å²) >= 11 is 6.22. The van der Waals surface area contributed by atoms with Crippen molar-refractivity contribution in [3.63, 3.8) is 0 Å². The van der Waals surface area contributed by atoms with Gasteiger partial charge in [-0.15, -0.1) is 0 Å². The van der Waals surface area contributed by atoms with E-state index < -0.39 is 0 Å². The van der Waals surface area contributed by atoms with Gasteiger partial charge in [-0.2, -0.15) is 4.98 Å². The van der Waals surface area contributed by atoms with Gasteiger partial charge in [0.2, 0.25) is 5.95 Å². The first-order valence-electron chi connectivity index (χ1n) is 8.30. The molecule has 6 nitrogen and oxygen atoms in total. The minimum Gasteiger partial charge on any atom is -0.394 e. The van der Waals surface area contributed by atoms with Gasteiger partial charge in [-0.3, -0.25) is 4.98 Å². The van der Waals surface area contributed by atoms with Crippen LogP contribution >= 0.6 is 11.6 Å². The van der Waals surface area contributed by atoms with Gasteiger partial charge >= 0.3 is 0 Å². The lowest BCUT2D eigenvalue weighted by molar-refractivity contribution is 0.281. The Balaban J connectivity index is 1.88. The van der Waals surface area contributed by atoms with E-state index in [0.717, 1.165) is 16.8 Å². The molecular formula is C19H20ClN5O. The topological polar surface area (TPSA) is 83.0 Å². The standard InChI is InChI=1S/C19H20ClN5O/c1-13(12-26)23-19-24-17(15-6-4-8-21-10-15)9-18(25-19)22-11-14-5-2-3-7-16(14)20/h2-10,13,26H,11-12H2,1H3,(H2,22,23,24,25)/t13-/m1/s1. The van der Waals surface area contributed by atoms with Gasteiger partial charge in [-0.25, -0.2) is 4.98 Å². The molecule has 3 N–H and O–H groups in total. The summed E-state index contributed by atoms with van der Waals surface area (Å²) in [5.74, 6) is 1.10. The number of nitrogens with zero attached hydrogens (tertiary/aromatic N) is 3. The minimum atomic E-state index is -0.157. The molecule has 134 valence electrons. The Labute approximate surface area is 157 Å². The first-order chi connectivity index (χ1) is 12.7. The zero-order valence-electron chi connectivity index (χ0n) is 14.4. The Morgan fingerprint density at radius 3 is 2.73 bits per heavy atom. The van der Waals surface area contributed by atoms with Crippen molar-refractivity contribution >= 4 is 23.4 Å². The minimum absolute atomic E-state index is 0.0110. The molecule has 0 fully saturated rings. The van der Waals surface area contributed by atoms with Crippen molar-refractivity contribution in [2.75, 3.05) is 17.2 Å². The lowest BCUT2D eigenvalue weighted by Crippen LogP contribution is -2.21. The number of hydrogen-bond acceptors (Lipinski definition) is 6. The van der Waals surface area contributed by atoms with E-state index in [1.54, 1.807) is 12.4 Å². The zero-order valence-corrected chi connectivity index (χ0v) is 15.1. The largest absolute Gasteiger partial charge is 0.394 e. The van der Waals surface area contributed by atoms with Crippen molar-refractivity contribution in [2.24, 2.45) is 0 Å². The van der Waals surface area contributed by atoms with Crippen LogP contribution in [-0.4, -0.2) is 32.7 Å². The quantitative estimate of drug-likeness (QED) is 0.590. The molecule has 26 heavy (non-hydrogen) atoms. The van der Waals surface area contributed by atoms with E-state index in [9.17, 15) is 5.11 Å². The van der Waals surface area contributed by atoms with Gasteiger partial charge in [-0.1, -0.05) is 29.8 Å². The molecule has 0 saturated heterocycles. The highest BCUT2D eigenvalue weighted by atomic mass is 35.5. The van der Waals surface area contributed by atoms with Gasteiger partial charge in [0.15, 0.2) is 0 Å². The molecule has 0 unspecified atom stereocenters. The van der Waals surface area contributed by atoms with Crippen molar-refractivity contribution in [3.8, 4) is 11.3 Å². The second-order valence-electron chi connectivity index (χ2n) is 5.88. The van der Waals surface area contributed by atoms with Gasteiger partial charge in [0, 0.05) is 41.6 Å². The second-order valence-corrected chi connectivity index (χ2v) is 6.28. The number of halogens is 1. The van der Waals surface area contributed by atoms with Crippen LogP contribution < -0.4 is 10.6 Å². The summed E-state index contributed by atoms with van der Waals surface area (Å²) in [6.07, 6.45) is 3.47. The summed E-state index contributed by atoms with van der Waals surface area (Å²) in [5, 5.41) is 16.4. The third-order valence-corrected chi connectivity index (χ3v) is 4.12. The van der Waals surface area contributed by atoms with E-state index in [-0.39, 0.29) is 12.6 Å². The van der Waals surface area contributed by atoms with Crippen LogP contribution in [0.5, 0.6) is 0 Å². The number of pyridine rings is 1. The SMILES string of the molecule is C[C@H](CO)Nc1nc(NCc2ccccc2Cl)cc(-c2cccnc2)n1. The molecule has 0 bridgehead atoms. The smallest absolute Gasteiger partial charge is 0.225 e. The number of hydrogen-bond donors (Lipinski definition) is 3. The molecule has 0 saturated carbocycles. The summed E-state index contributed by atoms with van der Waals surface area (Å²) < 4.78 is 0. The van der Waals surface area contributed by atoms with Gasteiger partial charge in [0.05, 0.1) is 12.3 Å². The highest BCUT2D eigenvalue weighted by Gasteiger charge is 2.10. The van der Waals surface area contributed by atoms with Gasteiger partial charge in [0.25, 0.3) is 0 Å².